The highest BCUT2D eigenvalue weighted by atomic mass is 35.5. The van der Waals surface area contributed by atoms with Crippen molar-refractivity contribution in [3.05, 3.63) is 5.28 Å². The Balaban J connectivity index is 1.73. The molecular weight excluding hydrogens is 288 g/mol. The molecule has 2 heterocycles. The summed E-state index contributed by atoms with van der Waals surface area (Å²) in [6.45, 7) is 4.21. The van der Waals surface area contributed by atoms with E-state index >= 15 is 0 Å². The summed E-state index contributed by atoms with van der Waals surface area (Å²) in [5, 5.41) is 0.226. The van der Waals surface area contributed by atoms with Gasteiger partial charge in [0.1, 0.15) is 6.10 Å². The molecule has 21 heavy (non-hydrogen) atoms. The maximum Gasteiger partial charge on any atom is 0.322 e. The van der Waals surface area contributed by atoms with Gasteiger partial charge < -0.3 is 9.64 Å². The van der Waals surface area contributed by atoms with Crippen LogP contribution in [0.3, 0.4) is 0 Å². The molecule has 2 fully saturated rings. The lowest BCUT2D eigenvalue weighted by atomic mass is 9.88. The van der Waals surface area contributed by atoms with Crippen molar-refractivity contribution in [3.63, 3.8) is 0 Å². The Morgan fingerprint density at radius 2 is 1.76 bits per heavy atom. The first-order valence-corrected chi connectivity index (χ1v) is 8.43. The number of anilines is 1. The molecule has 116 valence electrons. The second-order valence-corrected chi connectivity index (χ2v) is 6.49. The highest BCUT2D eigenvalue weighted by molar-refractivity contribution is 6.28. The molecule has 0 aromatic carbocycles. The number of nitrogens with zero attached hydrogens (tertiary/aromatic N) is 4. The van der Waals surface area contributed by atoms with E-state index in [1.54, 1.807) is 0 Å². The van der Waals surface area contributed by atoms with Crippen LogP contribution in [0.25, 0.3) is 0 Å². The monoisotopic (exact) mass is 310 g/mol. The van der Waals surface area contributed by atoms with E-state index < -0.39 is 0 Å². The molecule has 0 radical (unpaired) electrons. The van der Waals surface area contributed by atoms with Crippen molar-refractivity contribution < 1.29 is 4.74 Å². The second-order valence-electron chi connectivity index (χ2n) is 6.15. The first-order valence-electron chi connectivity index (χ1n) is 8.05. The quantitative estimate of drug-likeness (QED) is 0.855. The highest BCUT2D eigenvalue weighted by Gasteiger charge is 2.25. The van der Waals surface area contributed by atoms with Crippen molar-refractivity contribution >= 4 is 17.5 Å². The van der Waals surface area contributed by atoms with E-state index in [0.717, 1.165) is 19.5 Å². The maximum atomic E-state index is 6.05. The standard InChI is InChI=1S/C15H23ClN4O/c1-11-7-3-4-8-12(11)21-15-18-13(16)17-14(19-15)20-9-5-2-6-10-20/h11-12H,2-10H2,1H3. The fourth-order valence-corrected chi connectivity index (χ4v) is 3.35. The third kappa shape index (κ3) is 3.76. The molecule has 1 saturated heterocycles. The van der Waals surface area contributed by atoms with E-state index in [1.807, 2.05) is 0 Å². The van der Waals surface area contributed by atoms with Crippen LogP contribution in [0.15, 0.2) is 0 Å². The Bertz CT molecular complexity index is 479. The summed E-state index contributed by atoms with van der Waals surface area (Å²) in [5.74, 6) is 1.21. The molecule has 2 atom stereocenters. The normalized spacial score (nSPS) is 26.7. The van der Waals surface area contributed by atoms with Gasteiger partial charge in [0, 0.05) is 13.1 Å². The van der Waals surface area contributed by atoms with Crippen LogP contribution in [-0.4, -0.2) is 34.1 Å². The largest absolute Gasteiger partial charge is 0.460 e. The van der Waals surface area contributed by atoms with Crippen LogP contribution < -0.4 is 9.64 Å². The number of rotatable bonds is 3. The van der Waals surface area contributed by atoms with Gasteiger partial charge in [0.2, 0.25) is 11.2 Å². The lowest BCUT2D eigenvalue weighted by Crippen LogP contribution is -2.32. The number of aromatic nitrogens is 3. The number of piperidine rings is 1. The minimum Gasteiger partial charge on any atom is -0.460 e. The average molecular weight is 311 g/mol. The average Bonchev–Trinajstić information content (AvgIpc) is 2.50. The van der Waals surface area contributed by atoms with Crippen LogP contribution >= 0.6 is 11.6 Å². The van der Waals surface area contributed by atoms with Crippen LogP contribution in [0.1, 0.15) is 51.9 Å². The Hall–Kier alpha value is -1.10. The van der Waals surface area contributed by atoms with Crippen molar-refractivity contribution in [3.8, 4) is 6.01 Å². The van der Waals surface area contributed by atoms with Gasteiger partial charge in [-0.1, -0.05) is 13.3 Å². The van der Waals surface area contributed by atoms with Crippen molar-refractivity contribution in [2.24, 2.45) is 5.92 Å². The fourth-order valence-electron chi connectivity index (χ4n) is 3.20. The molecule has 1 aliphatic carbocycles. The summed E-state index contributed by atoms with van der Waals surface area (Å²) in [7, 11) is 0. The van der Waals surface area contributed by atoms with Crippen LogP contribution in [0, 0.1) is 5.92 Å². The number of hydrogen-bond donors (Lipinski definition) is 0. The van der Waals surface area contributed by atoms with Gasteiger partial charge in [-0.15, -0.1) is 0 Å². The summed E-state index contributed by atoms with van der Waals surface area (Å²) in [5.41, 5.74) is 0. The molecule has 3 rings (SSSR count). The van der Waals surface area contributed by atoms with Crippen molar-refractivity contribution in [1.29, 1.82) is 0 Å². The minimum absolute atomic E-state index is 0.200. The van der Waals surface area contributed by atoms with Gasteiger partial charge in [0.15, 0.2) is 0 Å². The van der Waals surface area contributed by atoms with Crippen LogP contribution in [0.5, 0.6) is 6.01 Å². The first-order chi connectivity index (χ1) is 10.2. The van der Waals surface area contributed by atoms with E-state index in [9.17, 15) is 0 Å². The van der Waals surface area contributed by atoms with Crippen LogP contribution in [-0.2, 0) is 0 Å². The molecule has 0 spiro atoms. The summed E-state index contributed by atoms with van der Waals surface area (Å²) < 4.78 is 6.01. The topological polar surface area (TPSA) is 51.1 Å². The number of halogens is 1. The summed E-state index contributed by atoms with van der Waals surface area (Å²) in [4.78, 5) is 15.1. The van der Waals surface area contributed by atoms with Gasteiger partial charge in [0.25, 0.3) is 0 Å². The van der Waals surface area contributed by atoms with E-state index in [-0.39, 0.29) is 11.4 Å². The third-order valence-electron chi connectivity index (χ3n) is 4.50. The molecule has 1 aromatic heterocycles. The molecule has 1 aliphatic heterocycles. The Morgan fingerprint density at radius 1 is 1.00 bits per heavy atom. The number of ether oxygens (including phenoxy) is 1. The molecule has 6 heteroatoms. The second kappa shape index (κ2) is 6.77. The lowest BCUT2D eigenvalue weighted by molar-refractivity contribution is 0.0921. The summed E-state index contributed by atoms with van der Waals surface area (Å²) in [6.07, 6.45) is 8.62. The Morgan fingerprint density at radius 3 is 2.52 bits per heavy atom. The van der Waals surface area contributed by atoms with Crippen molar-refractivity contribution in [1.82, 2.24) is 15.0 Å². The van der Waals surface area contributed by atoms with E-state index in [4.69, 9.17) is 16.3 Å². The molecular formula is C15H23ClN4O. The molecule has 2 aliphatic rings. The summed E-state index contributed by atoms with van der Waals surface area (Å²) >= 11 is 6.05. The molecule has 0 N–H and O–H groups in total. The SMILES string of the molecule is CC1CCCCC1Oc1nc(Cl)nc(N2CCCCC2)n1. The smallest absolute Gasteiger partial charge is 0.322 e. The number of hydrogen-bond acceptors (Lipinski definition) is 5. The zero-order valence-electron chi connectivity index (χ0n) is 12.6. The minimum atomic E-state index is 0.200. The van der Waals surface area contributed by atoms with E-state index in [2.05, 4.69) is 26.8 Å². The molecule has 0 amide bonds. The van der Waals surface area contributed by atoms with Gasteiger partial charge in [-0.3, -0.25) is 0 Å². The van der Waals surface area contributed by atoms with Gasteiger partial charge in [-0.05, 0) is 56.0 Å². The van der Waals surface area contributed by atoms with E-state index in [0.29, 0.717) is 17.9 Å². The van der Waals surface area contributed by atoms with Gasteiger partial charge in [-0.2, -0.15) is 15.0 Å². The maximum absolute atomic E-state index is 6.05. The van der Waals surface area contributed by atoms with Crippen LogP contribution in [0.2, 0.25) is 5.28 Å². The molecule has 2 unspecified atom stereocenters. The Kier molecular flexibility index (Phi) is 4.78. The predicted molar refractivity (Wildman–Crippen MR) is 82.9 cm³/mol. The fraction of sp³-hybridized carbons (Fsp3) is 0.800. The predicted octanol–water partition coefficient (Wildman–Crippen LogP) is 3.47. The molecule has 0 bridgehead atoms. The van der Waals surface area contributed by atoms with Crippen LogP contribution in [0.4, 0.5) is 5.95 Å². The van der Waals surface area contributed by atoms with Crippen molar-refractivity contribution in [2.75, 3.05) is 18.0 Å². The zero-order valence-corrected chi connectivity index (χ0v) is 13.3. The van der Waals surface area contributed by atoms with E-state index in [1.165, 1.54) is 38.5 Å². The first kappa shape index (κ1) is 14.8. The highest BCUT2D eigenvalue weighted by Crippen LogP contribution is 2.28. The van der Waals surface area contributed by atoms with Gasteiger partial charge in [0.05, 0.1) is 0 Å². The van der Waals surface area contributed by atoms with Crippen molar-refractivity contribution in [2.45, 2.75) is 58.0 Å². The zero-order chi connectivity index (χ0) is 14.7. The third-order valence-corrected chi connectivity index (χ3v) is 4.67. The Labute approximate surface area is 131 Å². The lowest BCUT2D eigenvalue weighted by Gasteiger charge is -2.29. The molecule has 1 aromatic rings. The molecule has 5 nitrogen and oxygen atoms in total. The van der Waals surface area contributed by atoms with Gasteiger partial charge in [-0.25, -0.2) is 0 Å². The molecule has 1 saturated carbocycles. The van der Waals surface area contributed by atoms with Gasteiger partial charge >= 0.3 is 6.01 Å². The summed E-state index contributed by atoms with van der Waals surface area (Å²) in [6, 6.07) is 0.384.